The number of carbonyl (C=O) groups is 1. The Hall–Kier alpha value is -1.56. The summed E-state index contributed by atoms with van der Waals surface area (Å²) in [6.07, 6.45) is -1.86. The fourth-order valence-electron chi connectivity index (χ4n) is 2.64. The van der Waals surface area contributed by atoms with E-state index in [1.807, 2.05) is 6.92 Å². The summed E-state index contributed by atoms with van der Waals surface area (Å²) in [4.78, 5) is 11.9. The molecule has 2 unspecified atom stereocenters. The Kier molecular flexibility index (Phi) is 5.45. The number of halogens is 3. The van der Waals surface area contributed by atoms with E-state index in [4.69, 9.17) is 0 Å². The van der Waals surface area contributed by atoms with E-state index in [1.165, 1.54) is 12.1 Å². The molecule has 2 atom stereocenters. The molecule has 22 heavy (non-hydrogen) atoms. The third kappa shape index (κ3) is 4.73. The van der Waals surface area contributed by atoms with E-state index in [1.54, 1.807) is 0 Å². The highest BCUT2D eigenvalue weighted by atomic mass is 19.4. The molecular weight excluding hydrogens is 293 g/mol. The maximum Gasteiger partial charge on any atom is 0.416 e. The van der Waals surface area contributed by atoms with Crippen LogP contribution < -0.4 is 10.6 Å². The van der Waals surface area contributed by atoms with E-state index in [-0.39, 0.29) is 18.2 Å². The summed E-state index contributed by atoms with van der Waals surface area (Å²) in [6.45, 7) is 3.44. The van der Waals surface area contributed by atoms with Gasteiger partial charge < -0.3 is 10.6 Å². The van der Waals surface area contributed by atoms with Crippen LogP contribution in [0.15, 0.2) is 24.3 Å². The highest BCUT2D eigenvalue weighted by Gasteiger charge is 2.30. The first kappa shape index (κ1) is 16.8. The Morgan fingerprint density at radius 2 is 2.05 bits per heavy atom. The molecule has 1 aromatic rings. The smallest absolute Gasteiger partial charge is 0.355 e. The van der Waals surface area contributed by atoms with Crippen molar-refractivity contribution in [3.63, 3.8) is 0 Å². The van der Waals surface area contributed by atoms with E-state index in [2.05, 4.69) is 10.6 Å². The molecule has 122 valence electrons. The molecule has 1 aromatic carbocycles. The zero-order chi connectivity index (χ0) is 16.2. The normalized spacial score (nSPS) is 19.9. The molecular formula is C16H21F3N2O. The van der Waals surface area contributed by atoms with Gasteiger partial charge in [-0.15, -0.1) is 0 Å². The van der Waals surface area contributed by atoms with Crippen LogP contribution in [0.1, 0.15) is 43.2 Å². The summed E-state index contributed by atoms with van der Waals surface area (Å²) >= 11 is 0. The van der Waals surface area contributed by atoms with Gasteiger partial charge in [-0.1, -0.05) is 19.1 Å². The zero-order valence-corrected chi connectivity index (χ0v) is 12.5. The predicted octanol–water partition coefficient (Wildman–Crippen LogP) is 3.07. The van der Waals surface area contributed by atoms with Gasteiger partial charge in [-0.25, -0.2) is 0 Å². The molecule has 0 aliphatic carbocycles. The fourth-order valence-corrected chi connectivity index (χ4v) is 2.64. The van der Waals surface area contributed by atoms with Gasteiger partial charge in [0.15, 0.2) is 0 Å². The first-order valence-corrected chi connectivity index (χ1v) is 7.53. The third-order valence-electron chi connectivity index (χ3n) is 4.01. The van der Waals surface area contributed by atoms with Gasteiger partial charge in [0.05, 0.1) is 5.56 Å². The van der Waals surface area contributed by atoms with Crippen molar-refractivity contribution in [2.45, 2.75) is 44.3 Å². The van der Waals surface area contributed by atoms with Crippen molar-refractivity contribution < 1.29 is 18.0 Å². The second-order valence-corrected chi connectivity index (χ2v) is 5.82. The monoisotopic (exact) mass is 314 g/mol. The summed E-state index contributed by atoms with van der Waals surface area (Å²) in [6, 6.07) is 5.35. The lowest BCUT2D eigenvalue weighted by Gasteiger charge is -2.15. The van der Waals surface area contributed by atoms with Gasteiger partial charge in [0.25, 0.3) is 0 Å². The Balaban J connectivity index is 1.83. The number of nitrogens with one attached hydrogen (secondary N) is 2. The minimum Gasteiger partial charge on any atom is -0.355 e. The molecule has 0 bridgehead atoms. The van der Waals surface area contributed by atoms with Crippen LogP contribution in [-0.2, 0) is 11.0 Å². The zero-order valence-electron chi connectivity index (χ0n) is 12.5. The van der Waals surface area contributed by atoms with Crippen molar-refractivity contribution in [2.75, 3.05) is 13.1 Å². The quantitative estimate of drug-likeness (QED) is 0.877. The second-order valence-electron chi connectivity index (χ2n) is 5.82. The highest BCUT2D eigenvalue weighted by Crippen LogP contribution is 2.30. The standard InChI is InChI=1S/C16H21F3N2O/c1-11(9-15(22)21-10-14-3-2-8-20-14)12-4-6-13(7-5-12)16(17,18)19/h4-7,11,14,20H,2-3,8-10H2,1H3,(H,21,22). The molecule has 0 spiro atoms. The fraction of sp³-hybridized carbons (Fsp3) is 0.562. The SMILES string of the molecule is CC(CC(=O)NCC1CCCN1)c1ccc(C(F)(F)F)cc1. The maximum atomic E-state index is 12.5. The highest BCUT2D eigenvalue weighted by molar-refractivity contribution is 5.76. The molecule has 2 rings (SSSR count). The summed E-state index contributed by atoms with van der Waals surface area (Å²) in [5.74, 6) is -0.181. The van der Waals surface area contributed by atoms with Crippen molar-refractivity contribution in [2.24, 2.45) is 0 Å². The van der Waals surface area contributed by atoms with Crippen LogP contribution >= 0.6 is 0 Å². The van der Waals surface area contributed by atoms with Crippen LogP contribution in [0.5, 0.6) is 0 Å². The van der Waals surface area contributed by atoms with E-state index in [9.17, 15) is 18.0 Å². The first-order valence-electron chi connectivity index (χ1n) is 7.53. The molecule has 1 amide bonds. The molecule has 1 aliphatic rings. The summed E-state index contributed by atoms with van der Waals surface area (Å²) in [5, 5.41) is 6.18. The molecule has 0 radical (unpaired) electrons. The van der Waals surface area contributed by atoms with Crippen molar-refractivity contribution in [3.05, 3.63) is 35.4 Å². The number of amides is 1. The third-order valence-corrected chi connectivity index (χ3v) is 4.01. The lowest BCUT2D eigenvalue weighted by molar-refractivity contribution is -0.137. The number of carbonyl (C=O) groups excluding carboxylic acids is 1. The minimum atomic E-state index is -4.33. The van der Waals surface area contributed by atoms with Crippen molar-refractivity contribution in [3.8, 4) is 0 Å². The summed E-state index contributed by atoms with van der Waals surface area (Å²) < 4.78 is 37.5. The van der Waals surface area contributed by atoms with Gasteiger partial charge >= 0.3 is 6.18 Å². The van der Waals surface area contributed by atoms with Gasteiger partial charge in [0.2, 0.25) is 5.91 Å². The lowest BCUT2D eigenvalue weighted by atomic mass is 9.96. The number of alkyl halides is 3. The van der Waals surface area contributed by atoms with E-state index in [0.717, 1.165) is 37.1 Å². The van der Waals surface area contributed by atoms with Crippen molar-refractivity contribution >= 4 is 5.91 Å². The van der Waals surface area contributed by atoms with Gasteiger partial charge in [0, 0.05) is 19.0 Å². The lowest BCUT2D eigenvalue weighted by Crippen LogP contribution is -2.37. The Morgan fingerprint density at radius 3 is 2.59 bits per heavy atom. The Morgan fingerprint density at radius 1 is 1.36 bits per heavy atom. The average Bonchev–Trinajstić information content (AvgIpc) is 2.97. The van der Waals surface area contributed by atoms with Crippen LogP contribution in [-0.4, -0.2) is 25.0 Å². The molecule has 1 heterocycles. The molecule has 0 aromatic heterocycles. The van der Waals surface area contributed by atoms with Gasteiger partial charge in [-0.05, 0) is 43.0 Å². The molecule has 1 aliphatic heterocycles. The minimum absolute atomic E-state index is 0.0684. The largest absolute Gasteiger partial charge is 0.416 e. The van der Waals surface area contributed by atoms with Crippen molar-refractivity contribution in [1.29, 1.82) is 0 Å². The number of hydrogen-bond donors (Lipinski definition) is 2. The number of rotatable bonds is 5. The van der Waals surface area contributed by atoms with Crippen LogP contribution in [0.3, 0.4) is 0 Å². The summed E-state index contributed by atoms with van der Waals surface area (Å²) in [5.41, 5.74) is 0.0716. The molecule has 1 saturated heterocycles. The maximum absolute atomic E-state index is 12.5. The van der Waals surface area contributed by atoms with Crippen LogP contribution in [0.25, 0.3) is 0 Å². The van der Waals surface area contributed by atoms with Crippen LogP contribution in [0.4, 0.5) is 13.2 Å². The second kappa shape index (κ2) is 7.13. The Bertz CT molecular complexity index is 493. The molecule has 2 N–H and O–H groups in total. The van der Waals surface area contributed by atoms with Gasteiger partial charge in [-0.2, -0.15) is 13.2 Å². The van der Waals surface area contributed by atoms with Gasteiger partial charge in [-0.3, -0.25) is 4.79 Å². The topological polar surface area (TPSA) is 41.1 Å². The molecule has 3 nitrogen and oxygen atoms in total. The number of hydrogen-bond acceptors (Lipinski definition) is 2. The Labute approximate surface area is 128 Å². The molecule has 0 saturated carbocycles. The summed E-state index contributed by atoms with van der Waals surface area (Å²) in [7, 11) is 0. The van der Waals surface area contributed by atoms with E-state index in [0.29, 0.717) is 12.6 Å². The van der Waals surface area contributed by atoms with Gasteiger partial charge in [0.1, 0.15) is 0 Å². The van der Waals surface area contributed by atoms with Crippen LogP contribution in [0, 0.1) is 0 Å². The van der Waals surface area contributed by atoms with Crippen LogP contribution in [0.2, 0.25) is 0 Å². The van der Waals surface area contributed by atoms with Crippen molar-refractivity contribution in [1.82, 2.24) is 10.6 Å². The van der Waals surface area contributed by atoms with E-state index < -0.39 is 11.7 Å². The predicted molar refractivity (Wildman–Crippen MR) is 78.5 cm³/mol. The molecule has 1 fully saturated rings. The average molecular weight is 314 g/mol. The number of benzene rings is 1. The molecule has 6 heteroatoms. The first-order chi connectivity index (χ1) is 10.4. The van der Waals surface area contributed by atoms with E-state index >= 15 is 0 Å².